The second-order valence-corrected chi connectivity index (χ2v) is 2.78. The highest BCUT2D eigenvalue weighted by Gasteiger charge is 2.27. The Morgan fingerprint density at radius 3 is 2.50 bits per heavy atom. The SMILES string of the molecule is C=CCCC(=O)CCOCC(F)(F)F. The molecule has 0 aromatic heterocycles. The van der Waals surface area contributed by atoms with Crippen LogP contribution in [0.4, 0.5) is 13.2 Å². The lowest BCUT2D eigenvalue weighted by Crippen LogP contribution is -2.18. The van der Waals surface area contributed by atoms with Crippen LogP contribution in [0.2, 0.25) is 0 Å². The highest BCUT2D eigenvalue weighted by molar-refractivity contribution is 5.78. The lowest BCUT2D eigenvalue weighted by Gasteiger charge is -2.06. The number of rotatable bonds is 7. The fraction of sp³-hybridized carbons (Fsp3) is 0.667. The minimum atomic E-state index is -4.32. The van der Waals surface area contributed by atoms with Crippen LogP contribution in [0.25, 0.3) is 0 Å². The normalized spacial score (nSPS) is 11.4. The third-order valence-corrected chi connectivity index (χ3v) is 1.42. The number of carbonyl (C=O) groups excluding carboxylic acids is 1. The van der Waals surface area contributed by atoms with Gasteiger partial charge in [-0.05, 0) is 6.42 Å². The van der Waals surface area contributed by atoms with Crippen LogP contribution in [-0.4, -0.2) is 25.2 Å². The second kappa shape index (κ2) is 6.59. The maximum absolute atomic E-state index is 11.6. The molecule has 5 heteroatoms. The minimum absolute atomic E-state index is 0.0317. The molecule has 0 atom stereocenters. The van der Waals surface area contributed by atoms with E-state index in [1.807, 2.05) is 0 Å². The average molecular weight is 210 g/mol. The van der Waals surface area contributed by atoms with E-state index in [-0.39, 0.29) is 18.8 Å². The zero-order chi connectivity index (χ0) is 11.0. The summed E-state index contributed by atoms with van der Waals surface area (Å²) in [6.45, 7) is 1.97. The molecule has 0 bridgehead atoms. The van der Waals surface area contributed by atoms with Crippen LogP contribution in [0.15, 0.2) is 12.7 Å². The molecule has 0 saturated carbocycles. The van der Waals surface area contributed by atoms with Crippen molar-refractivity contribution in [1.29, 1.82) is 0 Å². The molecule has 0 rings (SSSR count). The number of carbonyl (C=O) groups is 1. The molecular weight excluding hydrogens is 197 g/mol. The maximum Gasteiger partial charge on any atom is 0.411 e. The van der Waals surface area contributed by atoms with Gasteiger partial charge >= 0.3 is 6.18 Å². The lowest BCUT2D eigenvalue weighted by atomic mass is 10.2. The topological polar surface area (TPSA) is 26.3 Å². The number of hydrogen-bond acceptors (Lipinski definition) is 2. The molecule has 0 heterocycles. The first-order chi connectivity index (χ1) is 6.45. The van der Waals surface area contributed by atoms with Gasteiger partial charge in [0.2, 0.25) is 0 Å². The van der Waals surface area contributed by atoms with Crippen molar-refractivity contribution in [3.8, 4) is 0 Å². The van der Waals surface area contributed by atoms with Crippen molar-refractivity contribution in [2.45, 2.75) is 25.4 Å². The van der Waals surface area contributed by atoms with Crippen LogP contribution in [0.1, 0.15) is 19.3 Å². The van der Waals surface area contributed by atoms with E-state index < -0.39 is 12.8 Å². The zero-order valence-corrected chi connectivity index (χ0v) is 7.77. The number of allylic oxidation sites excluding steroid dienone is 1. The largest absolute Gasteiger partial charge is 0.411 e. The Labute approximate surface area is 80.7 Å². The second-order valence-electron chi connectivity index (χ2n) is 2.78. The van der Waals surface area contributed by atoms with Gasteiger partial charge in [0.25, 0.3) is 0 Å². The molecule has 0 fully saturated rings. The number of Topliss-reactive ketones (excluding diaryl/α,β-unsaturated/α-hetero) is 1. The van der Waals surface area contributed by atoms with Crippen molar-refractivity contribution in [2.24, 2.45) is 0 Å². The Hall–Kier alpha value is -0.840. The minimum Gasteiger partial charge on any atom is -0.372 e. The van der Waals surface area contributed by atoms with Crippen LogP contribution >= 0.6 is 0 Å². The van der Waals surface area contributed by atoms with Gasteiger partial charge in [-0.15, -0.1) is 6.58 Å². The average Bonchev–Trinajstić information content (AvgIpc) is 2.07. The number of ether oxygens (including phenoxy) is 1. The van der Waals surface area contributed by atoms with Crippen LogP contribution in [-0.2, 0) is 9.53 Å². The number of alkyl halides is 3. The van der Waals surface area contributed by atoms with E-state index in [1.54, 1.807) is 6.08 Å². The Morgan fingerprint density at radius 1 is 1.36 bits per heavy atom. The van der Waals surface area contributed by atoms with Gasteiger partial charge in [0, 0.05) is 12.8 Å². The first-order valence-corrected chi connectivity index (χ1v) is 4.23. The fourth-order valence-corrected chi connectivity index (χ4v) is 0.762. The molecule has 0 radical (unpaired) electrons. The first kappa shape index (κ1) is 13.2. The van der Waals surface area contributed by atoms with E-state index in [0.29, 0.717) is 12.8 Å². The number of hydrogen-bond donors (Lipinski definition) is 0. The van der Waals surface area contributed by atoms with Crippen molar-refractivity contribution >= 4 is 5.78 Å². The summed E-state index contributed by atoms with van der Waals surface area (Å²) in [6, 6.07) is 0. The first-order valence-electron chi connectivity index (χ1n) is 4.23. The van der Waals surface area contributed by atoms with Crippen LogP contribution in [0, 0.1) is 0 Å². The molecule has 0 spiro atoms. The molecule has 0 aliphatic rings. The zero-order valence-electron chi connectivity index (χ0n) is 7.77. The predicted molar refractivity (Wildman–Crippen MR) is 45.9 cm³/mol. The van der Waals surface area contributed by atoms with Crippen LogP contribution < -0.4 is 0 Å². The Bertz CT molecular complexity index is 187. The third-order valence-electron chi connectivity index (χ3n) is 1.42. The smallest absolute Gasteiger partial charge is 0.372 e. The molecule has 0 aliphatic heterocycles. The number of ketones is 1. The maximum atomic E-state index is 11.6. The summed E-state index contributed by atoms with van der Waals surface area (Å²) in [7, 11) is 0. The van der Waals surface area contributed by atoms with Crippen molar-refractivity contribution in [3.05, 3.63) is 12.7 Å². The van der Waals surface area contributed by atoms with E-state index in [9.17, 15) is 18.0 Å². The van der Waals surface area contributed by atoms with E-state index in [1.165, 1.54) is 0 Å². The Balaban J connectivity index is 3.36. The highest BCUT2D eigenvalue weighted by Crippen LogP contribution is 2.14. The van der Waals surface area contributed by atoms with Gasteiger partial charge in [-0.2, -0.15) is 13.2 Å². The highest BCUT2D eigenvalue weighted by atomic mass is 19.4. The lowest BCUT2D eigenvalue weighted by molar-refractivity contribution is -0.174. The summed E-state index contributed by atoms with van der Waals surface area (Å²) in [5, 5.41) is 0. The summed E-state index contributed by atoms with van der Waals surface area (Å²) in [6.07, 6.45) is -1.82. The van der Waals surface area contributed by atoms with E-state index >= 15 is 0 Å². The summed E-state index contributed by atoms with van der Waals surface area (Å²) in [5.74, 6) is -0.105. The summed E-state index contributed by atoms with van der Waals surface area (Å²) < 4.78 is 39.0. The quantitative estimate of drug-likeness (QED) is 0.476. The van der Waals surface area contributed by atoms with Crippen LogP contribution in [0.5, 0.6) is 0 Å². The van der Waals surface area contributed by atoms with Crippen molar-refractivity contribution in [3.63, 3.8) is 0 Å². The molecule has 82 valence electrons. The van der Waals surface area contributed by atoms with Crippen molar-refractivity contribution in [2.75, 3.05) is 13.2 Å². The predicted octanol–water partition coefficient (Wildman–Crippen LogP) is 2.49. The van der Waals surface area contributed by atoms with Gasteiger partial charge in [-0.25, -0.2) is 0 Å². The van der Waals surface area contributed by atoms with Gasteiger partial charge in [-0.1, -0.05) is 6.08 Å². The molecule has 0 saturated heterocycles. The fourth-order valence-electron chi connectivity index (χ4n) is 0.762. The molecule has 0 amide bonds. The van der Waals surface area contributed by atoms with Crippen molar-refractivity contribution < 1.29 is 22.7 Å². The van der Waals surface area contributed by atoms with Crippen LogP contribution in [0.3, 0.4) is 0 Å². The molecule has 0 unspecified atom stereocenters. The third kappa shape index (κ3) is 9.25. The van der Waals surface area contributed by atoms with Gasteiger partial charge in [0.1, 0.15) is 12.4 Å². The van der Waals surface area contributed by atoms with E-state index in [4.69, 9.17) is 0 Å². The summed E-state index contributed by atoms with van der Waals surface area (Å²) in [5.41, 5.74) is 0. The van der Waals surface area contributed by atoms with Crippen molar-refractivity contribution in [1.82, 2.24) is 0 Å². The van der Waals surface area contributed by atoms with E-state index in [2.05, 4.69) is 11.3 Å². The summed E-state index contributed by atoms with van der Waals surface area (Å²) in [4.78, 5) is 10.9. The standard InChI is InChI=1S/C9H13F3O2/c1-2-3-4-8(13)5-6-14-7-9(10,11)12/h2H,1,3-7H2. The van der Waals surface area contributed by atoms with Gasteiger partial charge in [0.05, 0.1) is 6.61 Å². The monoisotopic (exact) mass is 210 g/mol. The molecule has 0 aliphatic carbocycles. The molecule has 0 N–H and O–H groups in total. The Kier molecular flexibility index (Phi) is 6.19. The van der Waals surface area contributed by atoms with E-state index in [0.717, 1.165) is 0 Å². The van der Waals surface area contributed by atoms with Gasteiger partial charge in [-0.3, -0.25) is 4.79 Å². The number of halogens is 3. The molecule has 0 aromatic carbocycles. The molecule has 2 nitrogen and oxygen atoms in total. The Morgan fingerprint density at radius 2 is 2.00 bits per heavy atom. The molecular formula is C9H13F3O2. The summed E-state index contributed by atoms with van der Waals surface area (Å²) >= 11 is 0. The molecule has 14 heavy (non-hydrogen) atoms. The molecule has 0 aromatic rings. The van der Waals surface area contributed by atoms with Gasteiger partial charge < -0.3 is 4.74 Å². The van der Waals surface area contributed by atoms with Gasteiger partial charge in [0.15, 0.2) is 0 Å².